The number of aliphatic carboxylic acids is 1. The predicted molar refractivity (Wildman–Crippen MR) is 165 cm³/mol. The van der Waals surface area contributed by atoms with Crippen LogP contribution in [-0.4, -0.2) is 43.3 Å². The van der Waals surface area contributed by atoms with Crippen molar-refractivity contribution in [1.29, 1.82) is 0 Å². The van der Waals surface area contributed by atoms with Crippen molar-refractivity contribution in [3.63, 3.8) is 0 Å². The van der Waals surface area contributed by atoms with Crippen LogP contribution in [0, 0.1) is 30.4 Å². The van der Waals surface area contributed by atoms with Gasteiger partial charge in [-0.25, -0.2) is 18.3 Å². The predicted octanol–water partition coefficient (Wildman–Crippen LogP) is 6.00. The normalized spacial score (nSPS) is 14.9. The third-order valence-electron chi connectivity index (χ3n) is 8.52. The van der Waals surface area contributed by atoms with Gasteiger partial charge in [-0.3, -0.25) is 19.2 Å². The Morgan fingerprint density at radius 3 is 2.45 bits per heavy atom. The highest BCUT2D eigenvalue weighted by molar-refractivity contribution is 6.00. The summed E-state index contributed by atoms with van der Waals surface area (Å²) in [6, 6.07) is 6.11. The van der Waals surface area contributed by atoms with Crippen LogP contribution in [0.25, 0.3) is 5.65 Å². The molecule has 0 spiro atoms. The highest BCUT2D eigenvalue weighted by Crippen LogP contribution is 2.36. The number of rotatable bonds is 11. The van der Waals surface area contributed by atoms with Crippen LogP contribution in [0.3, 0.4) is 0 Å². The number of benzene rings is 2. The fourth-order valence-corrected chi connectivity index (χ4v) is 6.13. The van der Waals surface area contributed by atoms with Crippen molar-refractivity contribution in [3.8, 4) is 0 Å². The molecule has 3 N–H and O–H groups in total. The van der Waals surface area contributed by atoms with E-state index in [2.05, 4.69) is 20.7 Å². The number of nitrogens with zero attached hydrogens (tertiary/aromatic N) is 3. The Bertz CT molecular complexity index is 1970. The van der Waals surface area contributed by atoms with Crippen molar-refractivity contribution < 1.29 is 46.2 Å². The minimum absolute atomic E-state index is 0.0611. The van der Waals surface area contributed by atoms with Gasteiger partial charge in [-0.1, -0.05) is 32.0 Å². The van der Waals surface area contributed by atoms with Crippen LogP contribution >= 0.6 is 0 Å². The average molecular weight is 686 g/mol. The van der Waals surface area contributed by atoms with Crippen LogP contribution in [0.2, 0.25) is 0 Å². The molecule has 2 heterocycles. The Balaban J connectivity index is 1.35. The van der Waals surface area contributed by atoms with E-state index in [1.54, 1.807) is 19.1 Å². The molecule has 0 aliphatic heterocycles. The van der Waals surface area contributed by atoms with Crippen LogP contribution in [0.1, 0.15) is 98.3 Å². The quantitative estimate of drug-likeness (QED) is 0.130. The van der Waals surface area contributed by atoms with Crippen LogP contribution in [0.4, 0.5) is 22.0 Å². The first kappa shape index (κ1) is 35.1. The lowest BCUT2D eigenvalue weighted by Crippen LogP contribution is -2.31. The SMILES string of the molecule is Cc1c(C(=O)C[C@@H](CC(C)C)C(=O)O)ccc2c1CC[C@@H]2NC(=O)c1cc(C(=O)NCc2ccc(F)c(C(F)(F)F)c2)nc2c(F)cnn12. The summed E-state index contributed by atoms with van der Waals surface area (Å²) in [5.74, 6) is -6.10. The van der Waals surface area contributed by atoms with E-state index in [0.717, 1.165) is 34.0 Å². The third-order valence-corrected chi connectivity index (χ3v) is 8.52. The van der Waals surface area contributed by atoms with Crippen molar-refractivity contribution in [2.24, 2.45) is 11.8 Å². The molecular weight excluding hydrogens is 653 g/mol. The fraction of sp³-hybridized carbons (Fsp3) is 0.353. The first-order chi connectivity index (χ1) is 23.0. The van der Waals surface area contributed by atoms with Gasteiger partial charge in [0, 0.05) is 24.6 Å². The van der Waals surface area contributed by atoms with E-state index < -0.39 is 71.0 Å². The Morgan fingerprint density at radius 2 is 1.78 bits per heavy atom. The van der Waals surface area contributed by atoms with Gasteiger partial charge in [0.1, 0.15) is 17.2 Å². The number of ketones is 1. The van der Waals surface area contributed by atoms with Gasteiger partial charge >= 0.3 is 12.1 Å². The molecule has 2 aromatic carbocycles. The molecule has 15 heteroatoms. The molecule has 0 saturated heterocycles. The van der Waals surface area contributed by atoms with Crippen molar-refractivity contribution in [1.82, 2.24) is 25.2 Å². The zero-order valence-electron chi connectivity index (χ0n) is 26.6. The largest absolute Gasteiger partial charge is 0.481 e. The van der Waals surface area contributed by atoms with Crippen LogP contribution < -0.4 is 10.6 Å². The first-order valence-corrected chi connectivity index (χ1v) is 15.4. The molecule has 258 valence electrons. The number of halogens is 5. The smallest absolute Gasteiger partial charge is 0.419 e. The second-order valence-corrected chi connectivity index (χ2v) is 12.4. The molecule has 2 atom stereocenters. The van der Waals surface area contributed by atoms with E-state index in [4.69, 9.17) is 0 Å². The number of alkyl halides is 3. The van der Waals surface area contributed by atoms with E-state index in [0.29, 0.717) is 42.5 Å². The number of nitrogens with one attached hydrogen (secondary N) is 2. The molecule has 4 aromatic rings. The molecule has 2 amide bonds. The molecule has 49 heavy (non-hydrogen) atoms. The maximum absolute atomic E-state index is 14.6. The summed E-state index contributed by atoms with van der Waals surface area (Å²) in [4.78, 5) is 55.4. The van der Waals surface area contributed by atoms with Crippen molar-refractivity contribution >= 4 is 29.2 Å². The van der Waals surface area contributed by atoms with Crippen LogP contribution in [0.5, 0.6) is 0 Å². The minimum atomic E-state index is -4.95. The number of Topliss-reactive ketones (excluding diaryl/α,β-unsaturated/α-hetero) is 1. The maximum atomic E-state index is 14.6. The molecule has 0 unspecified atom stereocenters. The number of aromatic nitrogens is 3. The molecule has 0 saturated carbocycles. The standard InChI is InChI=1S/C34H32F5N5O5/c1-16(2)10-19(33(48)49)12-29(45)21-5-6-22-20(17(21)3)7-9-26(22)43-32(47)28-13-27(42-30-25(36)15-41-44(28)30)31(46)40-14-18-4-8-24(35)23(11-18)34(37,38)39/h4-6,8,11,13,15-16,19,26H,7,9-10,12,14H2,1-3H3,(H,40,46)(H,43,47)(H,48,49)/t19-,26+/m1/s1. The summed E-state index contributed by atoms with van der Waals surface area (Å²) in [5, 5.41) is 18.7. The van der Waals surface area contributed by atoms with Gasteiger partial charge < -0.3 is 15.7 Å². The van der Waals surface area contributed by atoms with Gasteiger partial charge in [0.25, 0.3) is 11.8 Å². The van der Waals surface area contributed by atoms with E-state index in [-0.39, 0.29) is 29.4 Å². The number of amides is 2. The molecular formula is C34H32F5N5O5. The molecule has 1 aliphatic carbocycles. The highest BCUT2D eigenvalue weighted by atomic mass is 19.4. The zero-order valence-corrected chi connectivity index (χ0v) is 26.6. The average Bonchev–Trinajstić information content (AvgIpc) is 3.62. The number of fused-ring (bicyclic) bond motifs is 2. The summed E-state index contributed by atoms with van der Waals surface area (Å²) in [6.07, 6.45) is -2.95. The van der Waals surface area contributed by atoms with Crippen molar-refractivity contribution in [3.05, 3.63) is 99.0 Å². The van der Waals surface area contributed by atoms with E-state index >= 15 is 0 Å². The second-order valence-electron chi connectivity index (χ2n) is 12.4. The van der Waals surface area contributed by atoms with E-state index in [1.165, 1.54) is 0 Å². The molecule has 5 rings (SSSR count). The lowest BCUT2D eigenvalue weighted by molar-refractivity contribution is -0.142. The van der Waals surface area contributed by atoms with Gasteiger partial charge in [-0.2, -0.15) is 18.3 Å². The second kappa shape index (κ2) is 13.7. The molecule has 0 radical (unpaired) electrons. The Kier molecular flexibility index (Phi) is 9.83. The topological polar surface area (TPSA) is 143 Å². The van der Waals surface area contributed by atoms with E-state index in [1.807, 2.05) is 13.8 Å². The first-order valence-electron chi connectivity index (χ1n) is 15.4. The molecule has 0 bridgehead atoms. The Labute approximate surface area is 276 Å². The van der Waals surface area contributed by atoms with Crippen LogP contribution in [0.15, 0.2) is 42.6 Å². The Morgan fingerprint density at radius 1 is 1.04 bits per heavy atom. The highest BCUT2D eigenvalue weighted by Gasteiger charge is 2.34. The minimum Gasteiger partial charge on any atom is -0.481 e. The summed E-state index contributed by atoms with van der Waals surface area (Å²) >= 11 is 0. The van der Waals surface area contributed by atoms with Gasteiger partial charge in [0.15, 0.2) is 17.2 Å². The van der Waals surface area contributed by atoms with Gasteiger partial charge in [0.05, 0.1) is 23.7 Å². The monoisotopic (exact) mass is 685 g/mol. The number of hydrogen-bond acceptors (Lipinski definition) is 6. The number of carbonyl (C=O) groups excluding carboxylic acids is 3. The van der Waals surface area contributed by atoms with Crippen molar-refractivity contribution in [2.45, 2.75) is 65.2 Å². The molecule has 2 aromatic heterocycles. The molecule has 10 nitrogen and oxygen atoms in total. The molecule has 1 aliphatic rings. The maximum Gasteiger partial charge on any atom is 0.419 e. The zero-order chi connectivity index (χ0) is 35.8. The summed E-state index contributed by atoms with van der Waals surface area (Å²) in [7, 11) is 0. The number of carbonyl (C=O) groups is 4. The Hall–Kier alpha value is -5.21. The van der Waals surface area contributed by atoms with Gasteiger partial charge in [-0.05, 0) is 66.5 Å². The third kappa shape index (κ3) is 7.44. The number of hydrogen-bond donors (Lipinski definition) is 3. The molecule has 0 fully saturated rings. The summed E-state index contributed by atoms with van der Waals surface area (Å²) in [5.41, 5.74) is 0.0127. The van der Waals surface area contributed by atoms with E-state index in [9.17, 15) is 46.2 Å². The summed E-state index contributed by atoms with van der Waals surface area (Å²) < 4.78 is 68.5. The number of carboxylic acids is 1. The van der Waals surface area contributed by atoms with Gasteiger partial charge in [-0.15, -0.1) is 0 Å². The van der Waals surface area contributed by atoms with Crippen LogP contribution in [-0.2, 0) is 23.9 Å². The number of carboxylic acid groups (broad SMARTS) is 1. The summed E-state index contributed by atoms with van der Waals surface area (Å²) in [6.45, 7) is 5.10. The fourth-order valence-electron chi connectivity index (χ4n) is 6.13. The lowest BCUT2D eigenvalue weighted by Gasteiger charge is -2.18. The van der Waals surface area contributed by atoms with Gasteiger partial charge in [0.2, 0.25) is 0 Å². The lowest BCUT2D eigenvalue weighted by atomic mass is 9.88. The van der Waals surface area contributed by atoms with Crippen molar-refractivity contribution in [2.75, 3.05) is 0 Å².